The summed E-state index contributed by atoms with van der Waals surface area (Å²) >= 11 is 0. The van der Waals surface area contributed by atoms with Crippen molar-refractivity contribution in [1.82, 2.24) is 10.6 Å². The second-order valence-corrected chi connectivity index (χ2v) is 7.08. The minimum atomic E-state index is -1.18. The molecule has 3 rings (SSSR count). The molecule has 0 atom stereocenters. The lowest BCUT2D eigenvalue weighted by atomic mass is 10.1. The molecule has 0 aliphatic carbocycles. The number of rotatable bonds is 11. The first-order valence-corrected chi connectivity index (χ1v) is 10.1. The third kappa shape index (κ3) is 7.05. The largest absolute Gasteiger partial charge is 0.484 e. The summed E-state index contributed by atoms with van der Waals surface area (Å²) in [6.45, 7) is -1.80. The van der Waals surface area contributed by atoms with Gasteiger partial charge in [-0.2, -0.15) is 0 Å². The smallest absolute Gasteiger partial charge is 0.322 e. The Balaban J connectivity index is 1.66. The molecule has 0 aliphatic heterocycles. The number of aliphatic carboxylic acids is 2. The topological polar surface area (TPSA) is 181 Å². The fraction of sp³-hybridized carbons (Fsp3) is 0.174. The van der Waals surface area contributed by atoms with E-state index in [1.165, 1.54) is 24.5 Å². The molecular formula is C23H20N2O10. The molecule has 0 spiro atoms. The van der Waals surface area contributed by atoms with Crippen molar-refractivity contribution < 1.29 is 43.3 Å². The average Bonchev–Trinajstić information content (AvgIpc) is 2.84. The Labute approximate surface area is 197 Å². The fourth-order valence-corrected chi connectivity index (χ4v) is 2.88. The second kappa shape index (κ2) is 11.3. The predicted octanol–water partition coefficient (Wildman–Crippen LogP) is 0.619. The van der Waals surface area contributed by atoms with E-state index in [2.05, 4.69) is 10.6 Å². The summed E-state index contributed by atoms with van der Waals surface area (Å²) in [4.78, 5) is 56.9. The molecule has 12 nitrogen and oxygen atoms in total. The molecule has 0 saturated heterocycles. The van der Waals surface area contributed by atoms with E-state index in [4.69, 9.17) is 24.1 Å². The summed E-state index contributed by atoms with van der Waals surface area (Å²) in [6, 6.07) is 10.7. The first-order chi connectivity index (χ1) is 16.7. The van der Waals surface area contributed by atoms with Crippen LogP contribution in [-0.4, -0.2) is 60.3 Å². The summed E-state index contributed by atoms with van der Waals surface area (Å²) in [6.07, 6.45) is 1.28. The Morgan fingerprint density at radius 1 is 0.800 bits per heavy atom. The monoisotopic (exact) mass is 484 g/mol. The molecule has 4 N–H and O–H groups in total. The number of amides is 2. The molecule has 0 unspecified atom stereocenters. The van der Waals surface area contributed by atoms with Crippen molar-refractivity contribution in [3.8, 4) is 22.6 Å². The van der Waals surface area contributed by atoms with Gasteiger partial charge in [0.2, 0.25) is 0 Å². The number of carbonyl (C=O) groups is 4. The molecule has 0 radical (unpaired) electrons. The summed E-state index contributed by atoms with van der Waals surface area (Å²) in [5.74, 6) is -2.94. The lowest BCUT2D eigenvalue weighted by Gasteiger charge is -2.09. The number of nitrogens with one attached hydrogen (secondary N) is 2. The van der Waals surface area contributed by atoms with Gasteiger partial charge in [0.1, 0.15) is 36.4 Å². The van der Waals surface area contributed by atoms with Gasteiger partial charge in [0.25, 0.3) is 11.8 Å². The molecular weight excluding hydrogens is 464 g/mol. The first kappa shape index (κ1) is 24.8. The lowest BCUT2D eigenvalue weighted by Crippen LogP contribution is -2.33. The number of carboxylic acids is 2. The van der Waals surface area contributed by atoms with E-state index >= 15 is 0 Å². The quantitative estimate of drug-likeness (QED) is 0.301. The number of ether oxygens (including phenoxy) is 2. The first-order valence-electron chi connectivity index (χ1n) is 10.1. The zero-order valence-electron chi connectivity index (χ0n) is 18.1. The van der Waals surface area contributed by atoms with Crippen LogP contribution in [0.4, 0.5) is 0 Å². The van der Waals surface area contributed by atoms with E-state index < -0.39 is 43.4 Å². The van der Waals surface area contributed by atoms with Gasteiger partial charge in [0.05, 0.1) is 10.9 Å². The lowest BCUT2D eigenvalue weighted by molar-refractivity contribution is -0.138. The van der Waals surface area contributed by atoms with Crippen molar-refractivity contribution in [2.75, 3.05) is 26.3 Å². The van der Waals surface area contributed by atoms with Gasteiger partial charge in [-0.15, -0.1) is 0 Å². The standard InChI is InChI=1S/C23H20N2O10/c26-19(24-8-21(28)29)11-33-14-3-1-13(2-4-14)17-10-35-18-7-15(5-6-16(18)23(17)32)34-12-20(27)25-9-22(30)31/h1-7,10H,8-9,11-12H2,(H,24,26)(H,25,27)(H,28,29)(H,30,31). The Morgan fingerprint density at radius 2 is 1.34 bits per heavy atom. The molecule has 0 aliphatic rings. The summed E-state index contributed by atoms with van der Waals surface area (Å²) in [5, 5.41) is 21.7. The van der Waals surface area contributed by atoms with Gasteiger partial charge in [0, 0.05) is 6.07 Å². The Kier molecular flexibility index (Phi) is 8.01. The Morgan fingerprint density at radius 3 is 1.91 bits per heavy atom. The average molecular weight is 484 g/mol. The summed E-state index contributed by atoms with van der Waals surface area (Å²) in [5.41, 5.74) is 0.747. The molecule has 1 aromatic heterocycles. The van der Waals surface area contributed by atoms with Crippen molar-refractivity contribution >= 4 is 34.7 Å². The molecule has 2 aromatic carbocycles. The number of carbonyl (C=O) groups excluding carboxylic acids is 2. The highest BCUT2D eigenvalue weighted by molar-refractivity contribution is 5.84. The molecule has 0 fully saturated rings. The fourth-order valence-electron chi connectivity index (χ4n) is 2.88. The highest BCUT2D eigenvalue weighted by Gasteiger charge is 2.12. The van der Waals surface area contributed by atoms with E-state index in [0.717, 1.165) is 0 Å². The number of hydrogen-bond acceptors (Lipinski definition) is 8. The highest BCUT2D eigenvalue weighted by atomic mass is 16.5. The molecule has 0 bridgehead atoms. The molecule has 12 heteroatoms. The van der Waals surface area contributed by atoms with Crippen molar-refractivity contribution in [2.24, 2.45) is 0 Å². The highest BCUT2D eigenvalue weighted by Crippen LogP contribution is 2.24. The SMILES string of the molecule is O=C(O)CNC(=O)COc1ccc(-c2coc3cc(OCC(=O)NCC(=O)O)ccc3c2=O)cc1. The van der Waals surface area contributed by atoms with E-state index in [0.29, 0.717) is 11.3 Å². The van der Waals surface area contributed by atoms with Crippen LogP contribution in [0.25, 0.3) is 22.1 Å². The van der Waals surface area contributed by atoms with Crippen LogP contribution in [0.2, 0.25) is 0 Å². The van der Waals surface area contributed by atoms with Gasteiger partial charge in [-0.3, -0.25) is 24.0 Å². The minimum Gasteiger partial charge on any atom is -0.484 e. The van der Waals surface area contributed by atoms with E-state index in [1.807, 2.05) is 0 Å². The third-order valence-corrected chi connectivity index (χ3v) is 4.52. The van der Waals surface area contributed by atoms with Gasteiger partial charge >= 0.3 is 11.9 Å². The number of carboxylic acid groups (broad SMARTS) is 2. The maximum Gasteiger partial charge on any atom is 0.322 e. The number of hydrogen-bond donors (Lipinski definition) is 4. The van der Waals surface area contributed by atoms with Crippen molar-refractivity contribution in [2.45, 2.75) is 0 Å². The molecule has 2 amide bonds. The van der Waals surface area contributed by atoms with Crippen LogP contribution in [0.3, 0.4) is 0 Å². The third-order valence-electron chi connectivity index (χ3n) is 4.52. The maximum atomic E-state index is 12.9. The zero-order chi connectivity index (χ0) is 25.4. The van der Waals surface area contributed by atoms with Crippen molar-refractivity contribution in [3.05, 3.63) is 59.0 Å². The van der Waals surface area contributed by atoms with Gasteiger partial charge in [-0.05, 0) is 29.8 Å². The normalized spacial score (nSPS) is 10.4. The van der Waals surface area contributed by atoms with Crippen LogP contribution in [0.5, 0.6) is 11.5 Å². The molecule has 182 valence electrons. The molecule has 35 heavy (non-hydrogen) atoms. The molecule has 1 heterocycles. The van der Waals surface area contributed by atoms with Crippen LogP contribution < -0.4 is 25.5 Å². The van der Waals surface area contributed by atoms with Gasteiger partial charge in [-0.1, -0.05) is 12.1 Å². The minimum absolute atomic E-state index is 0.231. The zero-order valence-corrected chi connectivity index (χ0v) is 18.1. The van der Waals surface area contributed by atoms with Crippen molar-refractivity contribution in [1.29, 1.82) is 0 Å². The van der Waals surface area contributed by atoms with E-state index in [-0.39, 0.29) is 34.3 Å². The number of benzene rings is 2. The Hall–Kier alpha value is -4.87. The van der Waals surface area contributed by atoms with Gasteiger partial charge in [0.15, 0.2) is 18.6 Å². The van der Waals surface area contributed by atoms with E-state index in [9.17, 15) is 24.0 Å². The van der Waals surface area contributed by atoms with Crippen molar-refractivity contribution in [3.63, 3.8) is 0 Å². The van der Waals surface area contributed by atoms with Crippen LogP contribution in [0.15, 0.2) is 57.9 Å². The molecule has 3 aromatic rings. The Bertz CT molecular complexity index is 1310. The molecule has 0 saturated carbocycles. The summed E-state index contributed by atoms with van der Waals surface area (Å²) < 4.78 is 16.2. The van der Waals surface area contributed by atoms with Crippen LogP contribution in [0, 0.1) is 0 Å². The van der Waals surface area contributed by atoms with Crippen LogP contribution in [-0.2, 0) is 19.2 Å². The second-order valence-electron chi connectivity index (χ2n) is 7.08. The van der Waals surface area contributed by atoms with Gasteiger partial charge in [-0.25, -0.2) is 0 Å². The van der Waals surface area contributed by atoms with Crippen LogP contribution in [0.1, 0.15) is 0 Å². The summed E-state index contributed by atoms with van der Waals surface area (Å²) in [7, 11) is 0. The van der Waals surface area contributed by atoms with Crippen LogP contribution >= 0.6 is 0 Å². The maximum absolute atomic E-state index is 12.9. The van der Waals surface area contributed by atoms with Gasteiger partial charge < -0.3 is 34.7 Å². The number of fused-ring (bicyclic) bond motifs is 1. The predicted molar refractivity (Wildman–Crippen MR) is 120 cm³/mol. The van der Waals surface area contributed by atoms with E-state index in [1.54, 1.807) is 24.3 Å².